The van der Waals surface area contributed by atoms with Crippen molar-refractivity contribution in [3.63, 3.8) is 0 Å². The van der Waals surface area contributed by atoms with Crippen molar-refractivity contribution in [2.24, 2.45) is 5.92 Å². The number of rotatable bonds is 7. The lowest BCUT2D eigenvalue weighted by Gasteiger charge is -2.32. The van der Waals surface area contributed by atoms with E-state index in [-0.39, 0.29) is 17.5 Å². The van der Waals surface area contributed by atoms with Gasteiger partial charge in [0.1, 0.15) is 10.7 Å². The number of benzene rings is 1. The molecule has 0 saturated carbocycles. The Morgan fingerprint density at radius 2 is 1.74 bits per heavy atom. The Morgan fingerprint density at radius 3 is 2.35 bits per heavy atom. The third-order valence-corrected chi connectivity index (χ3v) is 8.07. The molecule has 2 saturated heterocycles. The van der Waals surface area contributed by atoms with Crippen LogP contribution in [0.1, 0.15) is 56.3 Å². The second kappa shape index (κ2) is 11.3. The maximum absolute atomic E-state index is 14.4. The molecule has 188 valence electrons. The molecule has 2 aliphatic heterocycles. The molecule has 1 aromatic rings. The van der Waals surface area contributed by atoms with Gasteiger partial charge < -0.3 is 14.4 Å². The van der Waals surface area contributed by atoms with Crippen molar-refractivity contribution in [3.05, 3.63) is 29.6 Å². The first-order valence-electron chi connectivity index (χ1n) is 11.6. The molecule has 0 spiro atoms. The molecule has 11 heteroatoms. The normalized spacial score (nSPS) is 18.9. The van der Waals surface area contributed by atoms with Crippen LogP contribution in [0, 0.1) is 11.7 Å². The molecule has 0 unspecified atom stereocenters. The monoisotopic (exact) mass is 498 g/mol. The maximum atomic E-state index is 14.4. The SMILES string of the molecule is CCOC(=O)C1CCN(C(=O)[C@@H](C)OC(=O)c2ccc(F)c(S(=O)(=O)N3CCCCC3)c2)CC1. The van der Waals surface area contributed by atoms with Gasteiger partial charge in [-0.2, -0.15) is 4.31 Å². The minimum absolute atomic E-state index is 0.155. The number of piperidine rings is 2. The second-order valence-electron chi connectivity index (χ2n) is 8.51. The summed E-state index contributed by atoms with van der Waals surface area (Å²) in [6.45, 7) is 4.73. The highest BCUT2D eigenvalue weighted by Gasteiger charge is 2.33. The van der Waals surface area contributed by atoms with Crippen molar-refractivity contribution in [2.45, 2.75) is 57.0 Å². The first-order chi connectivity index (χ1) is 16.1. The number of halogens is 1. The number of sulfonamides is 1. The summed E-state index contributed by atoms with van der Waals surface area (Å²) in [5.41, 5.74) is -0.155. The predicted octanol–water partition coefficient (Wildman–Crippen LogP) is 2.35. The van der Waals surface area contributed by atoms with Crippen LogP contribution in [0.25, 0.3) is 0 Å². The minimum Gasteiger partial charge on any atom is -0.466 e. The largest absolute Gasteiger partial charge is 0.466 e. The average molecular weight is 499 g/mol. The van der Waals surface area contributed by atoms with Crippen LogP contribution in [0.15, 0.2) is 23.1 Å². The standard InChI is InChI=1S/C23H31FN2O7S/c1-3-32-22(28)17-9-13-25(14-10-17)21(27)16(2)33-23(29)18-7-8-19(24)20(15-18)34(30,31)26-11-5-4-6-12-26/h7-8,15-17H,3-6,9-14H2,1-2H3/t16-/m1/s1. The van der Waals surface area contributed by atoms with Crippen molar-refractivity contribution in [2.75, 3.05) is 32.8 Å². The Balaban J connectivity index is 1.63. The first-order valence-corrected chi connectivity index (χ1v) is 13.0. The average Bonchev–Trinajstić information content (AvgIpc) is 2.84. The zero-order valence-electron chi connectivity index (χ0n) is 19.5. The van der Waals surface area contributed by atoms with Crippen LogP contribution in [0.3, 0.4) is 0 Å². The lowest BCUT2D eigenvalue weighted by molar-refractivity contribution is -0.152. The number of esters is 2. The van der Waals surface area contributed by atoms with E-state index in [4.69, 9.17) is 9.47 Å². The molecule has 1 atom stereocenters. The second-order valence-corrected chi connectivity index (χ2v) is 10.4. The van der Waals surface area contributed by atoms with Crippen molar-refractivity contribution in [3.8, 4) is 0 Å². The molecule has 2 heterocycles. The Kier molecular flexibility index (Phi) is 8.64. The highest BCUT2D eigenvalue weighted by Crippen LogP contribution is 2.25. The summed E-state index contributed by atoms with van der Waals surface area (Å²) in [6, 6.07) is 3.01. The fourth-order valence-corrected chi connectivity index (χ4v) is 5.81. The van der Waals surface area contributed by atoms with E-state index in [1.807, 2.05) is 0 Å². The van der Waals surface area contributed by atoms with E-state index in [9.17, 15) is 27.2 Å². The smallest absolute Gasteiger partial charge is 0.338 e. The van der Waals surface area contributed by atoms with Gasteiger partial charge >= 0.3 is 11.9 Å². The molecule has 0 N–H and O–H groups in total. The van der Waals surface area contributed by atoms with Gasteiger partial charge in [0.05, 0.1) is 18.1 Å². The van der Waals surface area contributed by atoms with E-state index in [2.05, 4.69) is 0 Å². The molecule has 9 nitrogen and oxygen atoms in total. The van der Waals surface area contributed by atoms with E-state index in [0.717, 1.165) is 24.6 Å². The van der Waals surface area contributed by atoms with Gasteiger partial charge in [-0.3, -0.25) is 9.59 Å². The van der Waals surface area contributed by atoms with Crippen molar-refractivity contribution in [1.82, 2.24) is 9.21 Å². The van der Waals surface area contributed by atoms with Gasteiger partial charge in [0.25, 0.3) is 5.91 Å². The molecule has 0 radical (unpaired) electrons. The van der Waals surface area contributed by atoms with Crippen LogP contribution >= 0.6 is 0 Å². The van der Waals surface area contributed by atoms with Crippen LogP contribution in [0.2, 0.25) is 0 Å². The zero-order chi connectivity index (χ0) is 24.9. The van der Waals surface area contributed by atoms with Crippen LogP contribution in [-0.4, -0.2) is 74.4 Å². The van der Waals surface area contributed by atoms with E-state index < -0.39 is 38.7 Å². The van der Waals surface area contributed by atoms with Gasteiger partial charge in [-0.05, 0) is 57.7 Å². The van der Waals surface area contributed by atoms with Gasteiger partial charge in [0.15, 0.2) is 6.10 Å². The zero-order valence-corrected chi connectivity index (χ0v) is 20.3. The molecule has 3 rings (SSSR count). The number of carbonyl (C=O) groups excluding carboxylic acids is 3. The summed E-state index contributed by atoms with van der Waals surface area (Å²) in [6.07, 6.45) is 2.09. The molecule has 1 amide bonds. The molecule has 1 aromatic carbocycles. The molecule has 0 aliphatic carbocycles. The third kappa shape index (κ3) is 5.93. The van der Waals surface area contributed by atoms with Crippen LogP contribution in [0.4, 0.5) is 4.39 Å². The number of ether oxygens (including phenoxy) is 2. The van der Waals surface area contributed by atoms with Gasteiger partial charge in [-0.15, -0.1) is 0 Å². The van der Waals surface area contributed by atoms with Crippen molar-refractivity contribution >= 4 is 27.9 Å². The lowest BCUT2D eigenvalue weighted by atomic mass is 9.97. The van der Waals surface area contributed by atoms with Crippen molar-refractivity contribution < 1.29 is 36.7 Å². The number of hydrogen-bond donors (Lipinski definition) is 0. The first kappa shape index (κ1) is 26.1. The highest BCUT2D eigenvalue weighted by atomic mass is 32.2. The Morgan fingerprint density at radius 1 is 1.09 bits per heavy atom. The lowest BCUT2D eigenvalue weighted by Crippen LogP contribution is -2.45. The van der Waals surface area contributed by atoms with E-state index in [0.29, 0.717) is 58.5 Å². The Bertz CT molecular complexity index is 1020. The van der Waals surface area contributed by atoms with Gasteiger partial charge in [-0.25, -0.2) is 17.6 Å². The van der Waals surface area contributed by atoms with E-state index in [1.54, 1.807) is 6.92 Å². The topological polar surface area (TPSA) is 110 Å². The summed E-state index contributed by atoms with van der Waals surface area (Å²) in [4.78, 5) is 38.2. The quantitative estimate of drug-likeness (QED) is 0.531. The summed E-state index contributed by atoms with van der Waals surface area (Å²) >= 11 is 0. The highest BCUT2D eigenvalue weighted by molar-refractivity contribution is 7.89. The number of carbonyl (C=O) groups is 3. The Hall–Kier alpha value is -2.53. The minimum atomic E-state index is -4.09. The van der Waals surface area contributed by atoms with Crippen LogP contribution in [0.5, 0.6) is 0 Å². The third-order valence-electron chi connectivity index (χ3n) is 6.16. The molecule has 2 aliphatic rings. The predicted molar refractivity (Wildman–Crippen MR) is 120 cm³/mol. The molecule has 0 aromatic heterocycles. The van der Waals surface area contributed by atoms with Gasteiger partial charge in [0, 0.05) is 26.2 Å². The molecule has 2 fully saturated rings. The van der Waals surface area contributed by atoms with E-state index >= 15 is 0 Å². The van der Waals surface area contributed by atoms with Gasteiger partial charge in [0.2, 0.25) is 10.0 Å². The summed E-state index contributed by atoms with van der Waals surface area (Å²) in [5, 5.41) is 0. The fourth-order valence-electron chi connectivity index (χ4n) is 4.20. The Labute approximate surface area is 199 Å². The molecule has 34 heavy (non-hydrogen) atoms. The summed E-state index contributed by atoms with van der Waals surface area (Å²) < 4.78 is 51.7. The summed E-state index contributed by atoms with van der Waals surface area (Å²) in [5.74, 6) is -2.82. The fraction of sp³-hybridized carbons (Fsp3) is 0.609. The maximum Gasteiger partial charge on any atom is 0.338 e. The van der Waals surface area contributed by atoms with Crippen LogP contribution in [-0.2, 0) is 29.1 Å². The summed E-state index contributed by atoms with van der Waals surface area (Å²) in [7, 11) is -4.09. The molecular formula is C23H31FN2O7S. The van der Waals surface area contributed by atoms with Crippen molar-refractivity contribution in [1.29, 1.82) is 0 Å². The number of amides is 1. The van der Waals surface area contributed by atoms with Crippen LogP contribution < -0.4 is 0 Å². The number of likely N-dealkylation sites (tertiary alicyclic amines) is 1. The number of nitrogens with zero attached hydrogens (tertiary/aromatic N) is 2. The number of hydrogen-bond acceptors (Lipinski definition) is 7. The van der Waals surface area contributed by atoms with E-state index in [1.165, 1.54) is 16.1 Å². The molecule has 0 bridgehead atoms. The van der Waals surface area contributed by atoms with Gasteiger partial charge in [-0.1, -0.05) is 6.42 Å². The molecular weight excluding hydrogens is 467 g/mol.